The van der Waals surface area contributed by atoms with Gasteiger partial charge in [-0.05, 0) is 18.8 Å². The van der Waals surface area contributed by atoms with Crippen molar-refractivity contribution in [3.8, 4) is 0 Å². The minimum absolute atomic E-state index is 0. The van der Waals surface area contributed by atoms with Crippen LogP contribution in [-0.4, -0.2) is 43.2 Å². The zero-order chi connectivity index (χ0) is 11.8. The molecular formula is C12H23ClN2O2. The molecule has 2 fully saturated rings. The quantitative estimate of drug-likeness (QED) is 0.809. The van der Waals surface area contributed by atoms with E-state index < -0.39 is 0 Å². The summed E-state index contributed by atoms with van der Waals surface area (Å²) >= 11 is 0. The first-order valence-electron chi connectivity index (χ1n) is 6.16. The number of carbonyl (C=O) groups is 1. The van der Waals surface area contributed by atoms with Crippen LogP contribution in [0.1, 0.15) is 26.7 Å². The van der Waals surface area contributed by atoms with E-state index in [1.54, 1.807) is 0 Å². The fraction of sp³-hybridized carbons (Fsp3) is 0.917. The molecule has 4 nitrogen and oxygen atoms in total. The van der Waals surface area contributed by atoms with Crippen molar-refractivity contribution in [3.63, 3.8) is 0 Å². The Hall–Kier alpha value is -0.320. The van der Waals surface area contributed by atoms with E-state index in [2.05, 4.69) is 0 Å². The average Bonchev–Trinajstić information content (AvgIpc) is 2.87. The summed E-state index contributed by atoms with van der Waals surface area (Å²) in [5, 5.41) is 0. The van der Waals surface area contributed by atoms with Crippen LogP contribution in [0.4, 0.5) is 0 Å². The van der Waals surface area contributed by atoms with Crippen LogP contribution in [-0.2, 0) is 9.53 Å². The van der Waals surface area contributed by atoms with Gasteiger partial charge in [0.25, 0.3) is 0 Å². The number of amides is 1. The molecule has 2 aliphatic rings. The standard InChI is InChI=1S/C12H22N2O2.ClH/c1-9(2)10(13)11(15)14-5-3-12(7-14)4-6-16-8-12;/h9-10H,3-8,13H2,1-2H3;1H/t10-,12?;/m0./s1. The Labute approximate surface area is 109 Å². The van der Waals surface area contributed by atoms with Gasteiger partial charge in [0.1, 0.15) is 0 Å². The van der Waals surface area contributed by atoms with Gasteiger partial charge in [-0.25, -0.2) is 0 Å². The van der Waals surface area contributed by atoms with Crippen molar-refractivity contribution in [2.45, 2.75) is 32.7 Å². The van der Waals surface area contributed by atoms with Gasteiger partial charge in [-0.3, -0.25) is 4.79 Å². The molecule has 2 N–H and O–H groups in total. The third-order valence-corrected chi connectivity index (χ3v) is 3.94. The van der Waals surface area contributed by atoms with Crippen molar-refractivity contribution in [2.75, 3.05) is 26.3 Å². The molecule has 1 unspecified atom stereocenters. The van der Waals surface area contributed by atoms with E-state index in [-0.39, 0.29) is 35.7 Å². The van der Waals surface area contributed by atoms with Crippen LogP contribution in [0.3, 0.4) is 0 Å². The summed E-state index contributed by atoms with van der Waals surface area (Å²) in [6.07, 6.45) is 2.16. The normalized spacial score (nSPS) is 29.8. The van der Waals surface area contributed by atoms with Gasteiger partial charge in [0.15, 0.2) is 0 Å². The summed E-state index contributed by atoms with van der Waals surface area (Å²) in [6, 6.07) is -0.350. The maximum atomic E-state index is 12.1. The lowest BCUT2D eigenvalue weighted by Gasteiger charge is -2.25. The number of halogens is 1. The number of rotatable bonds is 2. The second kappa shape index (κ2) is 5.55. The van der Waals surface area contributed by atoms with Crippen LogP contribution in [0.2, 0.25) is 0 Å². The maximum absolute atomic E-state index is 12.1. The molecule has 0 aromatic heterocycles. The smallest absolute Gasteiger partial charge is 0.239 e. The van der Waals surface area contributed by atoms with Gasteiger partial charge >= 0.3 is 0 Å². The minimum atomic E-state index is -0.350. The fourth-order valence-corrected chi connectivity index (χ4v) is 2.59. The van der Waals surface area contributed by atoms with Gasteiger partial charge in [0, 0.05) is 25.1 Å². The number of nitrogens with zero attached hydrogens (tertiary/aromatic N) is 1. The molecule has 2 heterocycles. The number of hydrogen-bond donors (Lipinski definition) is 1. The van der Waals surface area contributed by atoms with E-state index in [0.29, 0.717) is 0 Å². The van der Waals surface area contributed by atoms with Crippen molar-refractivity contribution in [3.05, 3.63) is 0 Å². The second-order valence-corrected chi connectivity index (χ2v) is 5.58. The Morgan fingerprint density at radius 3 is 2.65 bits per heavy atom. The van der Waals surface area contributed by atoms with E-state index in [4.69, 9.17) is 10.5 Å². The van der Waals surface area contributed by atoms with E-state index in [1.807, 2.05) is 18.7 Å². The molecular weight excluding hydrogens is 240 g/mol. The predicted octanol–water partition coefficient (Wildman–Crippen LogP) is 1.03. The second-order valence-electron chi connectivity index (χ2n) is 5.58. The number of likely N-dealkylation sites (tertiary alicyclic amines) is 1. The topological polar surface area (TPSA) is 55.6 Å². The Morgan fingerprint density at radius 2 is 2.12 bits per heavy atom. The summed E-state index contributed by atoms with van der Waals surface area (Å²) < 4.78 is 5.45. The molecule has 2 atom stereocenters. The summed E-state index contributed by atoms with van der Waals surface area (Å²) in [5.41, 5.74) is 6.15. The zero-order valence-corrected chi connectivity index (χ0v) is 11.5. The van der Waals surface area contributed by atoms with E-state index in [9.17, 15) is 4.79 Å². The highest BCUT2D eigenvalue weighted by Gasteiger charge is 2.43. The molecule has 5 heteroatoms. The van der Waals surface area contributed by atoms with Crippen LogP contribution < -0.4 is 5.73 Å². The third kappa shape index (κ3) is 2.92. The van der Waals surface area contributed by atoms with Gasteiger partial charge < -0.3 is 15.4 Å². The third-order valence-electron chi connectivity index (χ3n) is 3.94. The van der Waals surface area contributed by atoms with Gasteiger partial charge in [0.2, 0.25) is 5.91 Å². The molecule has 0 radical (unpaired) electrons. The molecule has 0 aromatic carbocycles. The molecule has 17 heavy (non-hydrogen) atoms. The Bertz CT molecular complexity index is 278. The van der Waals surface area contributed by atoms with Crippen LogP contribution in [0, 0.1) is 11.3 Å². The molecule has 0 aliphatic carbocycles. The monoisotopic (exact) mass is 262 g/mol. The van der Waals surface area contributed by atoms with Crippen molar-refractivity contribution < 1.29 is 9.53 Å². The molecule has 0 saturated carbocycles. The van der Waals surface area contributed by atoms with E-state index >= 15 is 0 Å². The Balaban J connectivity index is 0.00000144. The highest BCUT2D eigenvalue weighted by Crippen LogP contribution is 2.38. The molecule has 2 saturated heterocycles. The average molecular weight is 263 g/mol. The Kier molecular flexibility index (Phi) is 4.81. The van der Waals surface area contributed by atoms with Crippen LogP contribution >= 0.6 is 12.4 Å². The summed E-state index contributed by atoms with van der Waals surface area (Å²) in [7, 11) is 0. The van der Waals surface area contributed by atoms with Gasteiger partial charge in [-0.1, -0.05) is 13.8 Å². The van der Waals surface area contributed by atoms with Crippen molar-refractivity contribution >= 4 is 18.3 Å². The van der Waals surface area contributed by atoms with Crippen molar-refractivity contribution in [1.82, 2.24) is 4.90 Å². The van der Waals surface area contributed by atoms with Crippen molar-refractivity contribution in [2.24, 2.45) is 17.1 Å². The lowest BCUT2D eigenvalue weighted by Crippen LogP contribution is -2.46. The van der Waals surface area contributed by atoms with Crippen LogP contribution in [0.15, 0.2) is 0 Å². The number of carbonyl (C=O) groups excluding carboxylic acids is 1. The van der Waals surface area contributed by atoms with Crippen LogP contribution in [0.25, 0.3) is 0 Å². The Morgan fingerprint density at radius 1 is 1.41 bits per heavy atom. The maximum Gasteiger partial charge on any atom is 0.239 e. The molecule has 100 valence electrons. The first kappa shape index (κ1) is 14.7. The van der Waals surface area contributed by atoms with Gasteiger partial charge in [-0.15, -0.1) is 12.4 Å². The van der Waals surface area contributed by atoms with Gasteiger partial charge in [0.05, 0.1) is 12.6 Å². The molecule has 0 aromatic rings. The van der Waals surface area contributed by atoms with E-state index in [0.717, 1.165) is 39.1 Å². The number of ether oxygens (including phenoxy) is 1. The van der Waals surface area contributed by atoms with Crippen LogP contribution in [0.5, 0.6) is 0 Å². The van der Waals surface area contributed by atoms with Gasteiger partial charge in [-0.2, -0.15) is 0 Å². The van der Waals surface area contributed by atoms with E-state index in [1.165, 1.54) is 0 Å². The number of hydrogen-bond acceptors (Lipinski definition) is 3. The largest absolute Gasteiger partial charge is 0.381 e. The summed E-state index contributed by atoms with van der Waals surface area (Å²) in [6.45, 7) is 7.33. The fourth-order valence-electron chi connectivity index (χ4n) is 2.59. The molecule has 1 amide bonds. The molecule has 0 bridgehead atoms. The lowest BCUT2D eigenvalue weighted by molar-refractivity contribution is -0.132. The highest BCUT2D eigenvalue weighted by atomic mass is 35.5. The first-order chi connectivity index (χ1) is 7.54. The van der Waals surface area contributed by atoms with Crippen molar-refractivity contribution in [1.29, 1.82) is 0 Å². The summed E-state index contributed by atoms with van der Waals surface area (Å²) in [5.74, 6) is 0.322. The molecule has 2 rings (SSSR count). The lowest BCUT2D eigenvalue weighted by atomic mass is 9.87. The molecule has 1 spiro atoms. The predicted molar refractivity (Wildman–Crippen MR) is 69.1 cm³/mol. The highest BCUT2D eigenvalue weighted by molar-refractivity contribution is 5.85. The first-order valence-corrected chi connectivity index (χ1v) is 6.16. The zero-order valence-electron chi connectivity index (χ0n) is 10.6. The minimum Gasteiger partial charge on any atom is -0.381 e. The molecule has 2 aliphatic heterocycles. The summed E-state index contributed by atoms with van der Waals surface area (Å²) in [4.78, 5) is 14.0. The SMILES string of the molecule is CC(C)[C@H](N)C(=O)N1CCC2(CCOC2)C1.Cl. The number of nitrogens with two attached hydrogens (primary N) is 1.